The highest BCUT2D eigenvalue weighted by Gasteiger charge is 2.25. The van der Waals surface area contributed by atoms with Crippen molar-refractivity contribution in [3.8, 4) is 0 Å². The molecule has 33 heavy (non-hydrogen) atoms. The van der Waals surface area contributed by atoms with Crippen LogP contribution in [0, 0.1) is 6.92 Å². The first kappa shape index (κ1) is 21.5. The number of aryl methyl sites for hydroxylation is 1. The quantitative estimate of drug-likeness (QED) is 0.672. The summed E-state index contributed by atoms with van der Waals surface area (Å²) in [4.78, 5) is 24.5. The smallest absolute Gasteiger partial charge is 0.254 e. The van der Waals surface area contributed by atoms with Crippen molar-refractivity contribution < 1.29 is 4.79 Å². The minimum absolute atomic E-state index is 0.0944. The highest BCUT2D eigenvalue weighted by Crippen LogP contribution is 2.23. The van der Waals surface area contributed by atoms with Gasteiger partial charge in [-0.1, -0.05) is 48.0 Å². The van der Waals surface area contributed by atoms with E-state index in [9.17, 15) is 4.79 Å². The van der Waals surface area contributed by atoms with E-state index < -0.39 is 0 Å². The molecule has 1 N–H and O–H groups in total. The predicted octanol–water partition coefficient (Wildman–Crippen LogP) is 3.50. The Morgan fingerprint density at radius 1 is 0.909 bits per heavy atom. The SMILES string of the molecule is Cc1ccc(N2CCN(C(=O)c3ccnc(N4CCN[C@H](c5ccccc5)C4)c3)CC2)cc1. The Labute approximate surface area is 195 Å². The van der Waals surface area contributed by atoms with Crippen molar-refractivity contribution in [1.29, 1.82) is 0 Å². The molecule has 0 bridgehead atoms. The van der Waals surface area contributed by atoms with Crippen LogP contribution in [0.2, 0.25) is 0 Å². The minimum Gasteiger partial charge on any atom is -0.368 e. The van der Waals surface area contributed by atoms with Crippen LogP contribution in [-0.4, -0.2) is 61.6 Å². The summed E-state index contributed by atoms with van der Waals surface area (Å²) in [5, 5.41) is 3.60. The Hall–Kier alpha value is -3.38. The largest absolute Gasteiger partial charge is 0.368 e. The van der Waals surface area contributed by atoms with Gasteiger partial charge in [-0.25, -0.2) is 4.98 Å². The van der Waals surface area contributed by atoms with E-state index in [1.54, 1.807) is 6.20 Å². The molecule has 3 aromatic rings. The van der Waals surface area contributed by atoms with Crippen molar-refractivity contribution >= 4 is 17.4 Å². The summed E-state index contributed by atoms with van der Waals surface area (Å²) in [6, 6.07) is 23.2. The zero-order valence-electron chi connectivity index (χ0n) is 19.2. The lowest BCUT2D eigenvalue weighted by Gasteiger charge is -2.36. The van der Waals surface area contributed by atoms with Crippen LogP contribution >= 0.6 is 0 Å². The fourth-order valence-corrected chi connectivity index (χ4v) is 4.70. The van der Waals surface area contributed by atoms with Crippen LogP contribution in [0.3, 0.4) is 0 Å². The molecule has 3 heterocycles. The molecule has 1 atom stereocenters. The first-order valence-electron chi connectivity index (χ1n) is 11.8. The Balaban J connectivity index is 1.23. The number of piperazine rings is 2. The number of pyridine rings is 1. The maximum atomic E-state index is 13.3. The molecule has 0 unspecified atom stereocenters. The Morgan fingerprint density at radius 2 is 1.67 bits per heavy atom. The molecule has 0 aliphatic carbocycles. The third-order valence-electron chi connectivity index (χ3n) is 6.66. The van der Waals surface area contributed by atoms with Gasteiger partial charge in [0.1, 0.15) is 5.82 Å². The Morgan fingerprint density at radius 3 is 2.42 bits per heavy atom. The third-order valence-corrected chi connectivity index (χ3v) is 6.66. The number of benzene rings is 2. The molecular weight excluding hydrogens is 410 g/mol. The van der Waals surface area contributed by atoms with E-state index in [1.165, 1.54) is 16.8 Å². The molecule has 5 rings (SSSR count). The van der Waals surface area contributed by atoms with Crippen molar-refractivity contribution in [2.45, 2.75) is 13.0 Å². The number of carbonyl (C=O) groups is 1. The molecule has 2 aromatic carbocycles. The van der Waals surface area contributed by atoms with E-state index in [4.69, 9.17) is 0 Å². The lowest BCUT2D eigenvalue weighted by atomic mass is 10.0. The van der Waals surface area contributed by atoms with Crippen molar-refractivity contribution in [1.82, 2.24) is 15.2 Å². The number of rotatable bonds is 4. The molecule has 2 aliphatic rings. The number of hydrogen-bond donors (Lipinski definition) is 1. The maximum Gasteiger partial charge on any atom is 0.254 e. The van der Waals surface area contributed by atoms with Gasteiger partial charge in [0.05, 0.1) is 0 Å². The summed E-state index contributed by atoms with van der Waals surface area (Å²) in [5.41, 5.74) is 4.49. The van der Waals surface area contributed by atoms with Gasteiger partial charge >= 0.3 is 0 Å². The van der Waals surface area contributed by atoms with Gasteiger partial charge in [-0.15, -0.1) is 0 Å². The summed E-state index contributed by atoms with van der Waals surface area (Å²) < 4.78 is 0. The van der Waals surface area contributed by atoms with Gasteiger partial charge in [-0.3, -0.25) is 4.79 Å². The van der Waals surface area contributed by atoms with E-state index in [1.807, 2.05) is 23.1 Å². The fraction of sp³-hybridized carbons (Fsp3) is 0.333. The summed E-state index contributed by atoms with van der Waals surface area (Å²) in [6.07, 6.45) is 1.77. The molecule has 0 saturated carbocycles. The second-order valence-corrected chi connectivity index (χ2v) is 8.88. The van der Waals surface area contributed by atoms with Crippen molar-refractivity contribution in [3.63, 3.8) is 0 Å². The number of anilines is 2. The molecule has 0 radical (unpaired) electrons. The highest BCUT2D eigenvalue weighted by atomic mass is 16.2. The number of nitrogens with one attached hydrogen (secondary N) is 1. The summed E-state index contributed by atoms with van der Waals surface area (Å²) >= 11 is 0. The molecule has 6 heteroatoms. The molecule has 6 nitrogen and oxygen atoms in total. The van der Waals surface area contributed by atoms with Crippen LogP contribution in [-0.2, 0) is 0 Å². The predicted molar refractivity (Wildman–Crippen MR) is 133 cm³/mol. The van der Waals surface area contributed by atoms with Gasteiger partial charge in [0.2, 0.25) is 0 Å². The zero-order valence-corrected chi connectivity index (χ0v) is 19.2. The average molecular weight is 442 g/mol. The summed E-state index contributed by atoms with van der Waals surface area (Å²) in [6.45, 7) is 7.87. The molecule has 1 aromatic heterocycles. The normalized spacial score (nSPS) is 18.9. The van der Waals surface area contributed by atoms with Gasteiger partial charge in [-0.05, 0) is 36.8 Å². The standard InChI is InChI=1S/C27H31N5O/c1-21-7-9-24(10-8-21)30-15-17-31(18-16-30)27(33)23-11-12-29-26(19-23)32-14-13-28-25(20-32)22-5-3-2-4-6-22/h2-12,19,25,28H,13-18,20H2,1H3/t25-/m0/s1. The second-order valence-electron chi connectivity index (χ2n) is 8.88. The van der Waals surface area contributed by atoms with Gasteiger partial charge in [0.15, 0.2) is 0 Å². The van der Waals surface area contributed by atoms with Gasteiger partial charge in [0.25, 0.3) is 5.91 Å². The molecule has 2 fully saturated rings. The summed E-state index contributed by atoms with van der Waals surface area (Å²) in [5.74, 6) is 0.971. The third kappa shape index (κ3) is 4.86. The number of amides is 1. The minimum atomic E-state index is 0.0944. The van der Waals surface area contributed by atoms with Crippen molar-refractivity contribution in [2.75, 3.05) is 55.6 Å². The van der Waals surface area contributed by atoms with Crippen LogP contribution in [0.1, 0.15) is 27.5 Å². The topological polar surface area (TPSA) is 51.7 Å². The number of nitrogens with zero attached hydrogens (tertiary/aromatic N) is 4. The lowest BCUT2D eigenvalue weighted by molar-refractivity contribution is 0.0746. The Kier molecular flexibility index (Phi) is 6.26. The van der Waals surface area contributed by atoms with Crippen LogP contribution in [0.15, 0.2) is 72.9 Å². The monoisotopic (exact) mass is 441 g/mol. The number of aromatic nitrogens is 1. The summed E-state index contributed by atoms with van der Waals surface area (Å²) in [7, 11) is 0. The first-order valence-corrected chi connectivity index (χ1v) is 11.8. The van der Waals surface area contributed by atoms with E-state index in [-0.39, 0.29) is 11.9 Å². The van der Waals surface area contributed by atoms with E-state index >= 15 is 0 Å². The highest BCUT2D eigenvalue weighted by molar-refractivity contribution is 5.95. The first-order chi connectivity index (χ1) is 16.2. The maximum absolute atomic E-state index is 13.3. The molecule has 170 valence electrons. The molecule has 0 spiro atoms. The Bertz CT molecular complexity index is 1080. The molecule has 1 amide bonds. The number of carbonyl (C=O) groups excluding carboxylic acids is 1. The van der Waals surface area contributed by atoms with Crippen molar-refractivity contribution in [3.05, 3.63) is 89.6 Å². The molecule has 2 saturated heterocycles. The van der Waals surface area contributed by atoms with Gasteiger partial charge in [0, 0.05) is 69.3 Å². The lowest BCUT2D eigenvalue weighted by Crippen LogP contribution is -2.49. The second kappa shape index (κ2) is 9.63. The van der Waals surface area contributed by atoms with E-state index in [0.717, 1.165) is 57.2 Å². The van der Waals surface area contributed by atoms with Gasteiger partial charge < -0.3 is 20.0 Å². The van der Waals surface area contributed by atoms with Crippen LogP contribution in [0.25, 0.3) is 0 Å². The molecular formula is C27H31N5O. The zero-order chi connectivity index (χ0) is 22.6. The van der Waals surface area contributed by atoms with Crippen LogP contribution in [0.5, 0.6) is 0 Å². The van der Waals surface area contributed by atoms with E-state index in [2.05, 4.69) is 75.6 Å². The van der Waals surface area contributed by atoms with Gasteiger partial charge in [-0.2, -0.15) is 0 Å². The molecule has 2 aliphatic heterocycles. The van der Waals surface area contributed by atoms with Crippen LogP contribution in [0.4, 0.5) is 11.5 Å². The number of hydrogen-bond acceptors (Lipinski definition) is 5. The van der Waals surface area contributed by atoms with Crippen molar-refractivity contribution in [2.24, 2.45) is 0 Å². The van der Waals surface area contributed by atoms with Crippen LogP contribution < -0.4 is 15.1 Å². The average Bonchev–Trinajstić information content (AvgIpc) is 2.89. The fourth-order valence-electron chi connectivity index (χ4n) is 4.70. The van der Waals surface area contributed by atoms with E-state index in [0.29, 0.717) is 0 Å².